The first-order valence-corrected chi connectivity index (χ1v) is 9.54. The highest BCUT2D eigenvalue weighted by atomic mass is 16.5. The Balaban J connectivity index is 1.65. The van der Waals surface area contributed by atoms with Crippen LogP contribution in [-0.4, -0.2) is 58.6 Å². The predicted octanol–water partition coefficient (Wildman–Crippen LogP) is 1.94. The Bertz CT molecular complexity index is 956. The van der Waals surface area contributed by atoms with Gasteiger partial charge in [-0.15, -0.1) is 0 Å². The molecular weight excluding hydrogens is 376 g/mol. The molecule has 1 fully saturated rings. The second kappa shape index (κ2) is 7.81. The third-order valence-electron chi connectivity index (χ3n) is 4.50. The molecule has 0 unspecified atom stereocenters. The number of hydrogen-bond acceptors (Lipinski definition) is 7. The average Bonchev–Trinajstić information content (AvgIpc) is 3.40. The Morgan fingerprint density at radius 2 is 2.00 bits per heavy atom. The lowest BCUT2D eigenvalue weighted by molar-refractivity contribution is -0.137. The van der Waals surface area contributed by atoms with E-state index in [0.29, 0.717) is 22.7 Å². The highest BCUT2D eigenvalue weighted by Crippen LogP contribution is 2.40. The first-order chi connectivity index (χ1) is 13.5. The number of nitrogens with zero attached hydrogens (tertiary/aromatic N) is 3. The summed E-state index contributed by atoms with van der Waals surface area (Å²) in [6.45, 7) is 6.69. The molecule has 0 aromatic carbocycles. The first kappa shape index (κ1) is 20.8. The van der Waals surface area contributed by atoms with Crippen molar-refractivity contribution in [3.05, 3.63) is 23.0 Å². The SMILES string of the molecule is Cc1noc2nc(C3CC3)cc(C(=O)OCC(=O)N(C)CC(=O)NC(C)(C)C)c12. The Morgan fingerprint density at radius 1 is 1.31 bits per heavy atom. The molecule has 2 aromatic heterocycles. The van der Waals surface area contributed by atoms with Gasteiger partial charge >= 0.3 is 5.97 Å². The molecule has 156 valence electrons. The topological polar surface area (TPSA) is 115 Å². The molecule has 1 aliphatic rings. The zero-order chi connectivity index (χ0) is 21.3. The number of fused-ring (bicyclic) bond motifs is 1. The average molecular weight is 402 g/mol. The van der Waals surface area contributed by atoms with Crippen molar-refractivity contribution in [1.29, 1.82) is 0 Å². The fourth-order valence-corrected chi connectivity index (χ4v) is 2.94. The largest absolute Gasteiger partial charge is 0.452 e. The minimum Gasteiger partial charge on any atom is -0.452 e. The minimum absolute atomic E-state index is 0.121. The summed E-state index contributed by atoms with van der Waals surface area (Å²) >= 11 is 0. The molecule has 2 heterocycles. The summed E-state index contributed by atoms with van der Waals surface area (Å²) in [4.78, 5) is 42.5. The van der Waals surface area contributed by atoms with Crippen molar-refractivity contribution in [3.8, 4) is 0 Å². The molecule has 2 amide bonds. The predicted molar refractivity (Wildman–Crippen MR) is 104 cm³/mol. The summed E-state index contributed by atoms with van der Waals surface area (Å²) in [5, 5.41) is 7.15. The fourth-order valence-electron chi connectivity index (χ4n) is 2.94. The van der Waals surface area contributed by atoms with Crippen LogP contribution in [0.5, 0.6) is 0 Å². The van der Waals surface area contributed by atoms with Crippen LogP contribution in [-0.2, 0) is 14.3 Å². The van der Waals surface area contributed by atoms with E-state index in [2.05, 4.69) is 15.5 Å². The maximum Gasteiger partial charge on any atom is 0.339 e. The van der Waals surface area contributed by atoms with Crippen molar-refractivity contribution >= 4 is 28.9 Å². The van der Waals surface area contributed by atoms with E-state index in [1.54, 1.807) is 13.0 Å². The second-order valence-corrected chi connectivity index (χ2v) is 8.44. The molecular formula is C20H26N4O5. The molecule has 9 nitrogen and oxygen atoms in total. The number of carbonyl (C=O) groups excluding carboxylic acids is 3. The lowest BCUT2D eigenvalue weighted by atomic mass is 10.1. The van der Waals surface area contributed by atoms with E-state index in [0.717, 1.165) is 18.5 Å². The van der Waals surface area contributed by atoms with Gasteiger partial charge in [0.05, 0.1) is 23.2 Å². The Labute approximate surface area is 168 Å². The second-order valence-electron chi connectivity index (χ2n) is 8.44. The van der Waals surface area contributed by atoms with Crippen LogP contribution in [0.4, 0.5) is 0 Å². The van der Waals surface area contributed by atoms with Gasteiger partial charge in [-0.1, -0.05) is 5.16 Å². The minimum atomic E-state index is -0.647. The summed E-state index contributed by atoms with van der Waals surface area (Å²) in [6, 6.07) is 1.69. The van der Waals surface area contributed by atoms with Gasteiger partial charge in [-0.25, -0.2) is 9.78 Å². The highest BCUT2D eigenvalue weighted by molar-refractivity contribution is 6.03. The van der Waals surface area contributed by atoms with E-state index >= 15 is 0 Å². The molecule has 9 heteroatoms. The number of aryl methyl sites for hydroxylation is 1. The number of esters is 1. The summed E-state index contributed by atoms with van der Waals surface area (Å²) in [5.74, 6) is -1.10. The molecule has 0 aliphatic heterocycles. The van der Waals surface area contributed by atoms with Crippen LogP contribution in [0.2, 0.25) is 0 Å². The van der Waals surface area contributed by atoms with Gasteiger partial charge in [0.15, 0.2) is 6.61 Å². The van der Waals surface area contributed by atoms with E-state index in [1.807, 2.05) is 20.8 Å². The van der Waals surface area contributed by atoms with Crippen LogP contribution in [0.15, 0.2) is 10.6 Å². The molecule has 0 spiro atoms. The van der Waals surface area contributed by atoms with Gasteiger partial charge in [0, 0.05) is 24.2 Å². The lowest BCUT2D eigenvalue weighted by Gasteiger charge is -2.23. The molecule has 0 bridgehead atoms. The van der Waals surface area contributed by atoms with Gasteiger partial charge < -0.3 is 19.5 Å². The van der Waals surface area contributed by atoms with Crippen molar-refractivity contribution < 1.29 is 23.6 Å². The van der Waals surface area contributed by atoms with E-state index in [9.17, 15) is 14.4 Å². The number of aromatic nitrogens is 2. The van der Waals surface area contributed by atoms with Gasteiger partial charge in [-0.3, -0.25) is 9.59 Å². The molecule has 0 radical (unpaired) electrons. The number of pyridine rings is 1. The Hall–Kier alpha value is -2.97. The zero-order valence-corrected chi connectivity index (χ0v) is 17.4. The van der Waals surface area contributed by atoms with Gasteiger partial charge in [-0.2, -0.15) is 0 Å². The molecule has 1 N–H and O–H groups in total. The Morgan fingerprint density at radius 3 is 2.62 bits per heavy atom. The van der Waals surface area contributed by atoms with Crippen LogP contribution in [0, 0.1) is 6.92 Å². The van der Waals surface area contributed by atoms with Gasteiger partial charge in [-0.05, 0) is 46.6 Å². The standard InChI is InChI=1S/C20H26N4O5/c1-11-17-13(8-14(12-6-7-12)21-18(17)29-23-11)19(27)28-10-16(26)24(5)9-15(25)22-20(2,3)4/h8,12H,6-7,9-10H2,1-5H3,(H,22,25). The molecule has 0 atom stereocenters. The molecule has 2 aromatic rings. The number of ether oxygens (including phenoxy) is 1. The lowest BCUT2D eigenvalue weighted by Crippen LogP contribution is -2.46. The van der Waals surface area contributed by atoms with Crippen molar-refractivity contribution in [2.75, 3.05) is 20.2 Å². The third kappa shape index (κ3) is 5.10. The number of likely N-dealkylation sites (N-methyl/N-ethyl adjacent to an activating group) is 1. The normalized spacial score (nSPS) is 14.0. The molecule has 29 heavy (non-hydrogen) atoms. The number of carbonyl (C=O) groups is 3. The van der Waals surface area contributed by atoms with E-state index in [4.69, 9.17) is 9.26 Å². The Kier molecular flexibility index (Phi) is 5.59. The van der Waals surface area contributed by atoms with E-state index in [-0.39, 0.29) is 18.0 Å². The molecule has 3 rings (SSSR count). The molecule has 0 saturated heterocycles. The van der Waals surface area contributed by atoms with Gasteiger partial charge in [0.25, 0.3) is 11.6 Å². The number of nitrogens with one attached hydrogen (secondary N) is 1. The van der Waals surface area contributed by atoms with Crippen molar-refractivity contribution in [3.63, 3.8) is 0 Å². The van der Waals surface area contributed by atoms with Gasteiger partial charge in [0.1, 0.15) is 0 Å². The molecule has 1 saturated carbocycles. The summed E-state index contributed by atoms with van der Waals surface area (Å²) in [5.41, 5.74) is 1.49. The quantitative estimate of drug-likeness (QED) is 0.734. The van der Waals surface area contributed by atoms with Crippen molar-refractivity contribution in [2.45, 2.75) is 52.0 Å². The summed E-state index contributed by atoms with van der Waals surface area (Å²) < 4.78 is 10.4. The summed E-state index contributed by atoms with van der Waals surface area (Å²) in [7, 11) is 1.48. The number of hydrogen-bond donors (Lipinski definition) is 1. The smallest absolute Gasteiger partial charge is 0.339 e. The molecule has 1 aliphatic carbocycles. The first-order valence-electron chi connectivity index (χ1n) is 9.54. The maximum absolute atomic E-state index is 12.7. The van der Waals surface area contributed by atoms with Gasteiger partial charge in [0.2, 0.25) is 5.91 Å². The van der Waals surface area contributed by atoms with Crippen LogP contribution in [0.1, 0.15) is 61.3 Å². The van der Waals surface area contributed by atoms with Crippen LogP contribution in [0.25, 0.3) is 11.1 Å². The third-order valence-corrected chi connectivity index (χ3v) is 4.50. The highest BCUT2D eigenvalue weighted by Gasteiger charge is 2.29. The number of amides is 2. The van der Waals surface area contributed by atoms with Crippen LogP contribution < -0.4 is 5.32 Å². The van der Waals surface area contributed by atoms with Crippen molar-refractivity contribution in [1.82, 2.24) is 20.4 Å². The fraction of sp³-hybridized carbons (Fsp3) is 0.550. The monoisotopic (exact) mass is 402 g/mol. The van der Waals surface area contributed by atoms with Crippen LogP contribution in [0.3, 0.4) is 0 Å². The van der Waals surface area contributed by atoms with E-state index in [1.165, 1.54) is 11.9 Å². The van der Waals surface area contributed by atoms with Crippen molar-refractivity contribution in [2.24, 2.45) is 0 Å². The zero-order valence-electron chi connectivity index (χ0n) is 17.4. The maximum atomic E-state index is 12.7. The van der Waals surface area contributed by atoms with E-state index < -0.39 is 24.0 Å². The van der Waals surface area contributed by atoms with Crippen LogP contribution >= 0.6 is 0 Å². The summed E-state index contributed by atoms with van der Waals surface area (Å²) in [6.07, 6.45) is 2.03. The number of rotatable bonds is 6.